The van der Waals surface area contributed by atoms with Crippen LogP contribution in [-0.4, -0.2) is 21.9 Å². The third-order valence-electron chi connectivity index (χ3n) is 2.96. The number of halogens is 3. The minimum atomic E-state index is 0.103. The van der Waals surface area contributed by atoms with Gasteiger partial charge in [0.2, 0.25) is 0 Å². The number of nitrogens with one attached hydrogen (secondary N) is 2. The Balaban J connectivity index is 1.95. The zero-order chi connectivity index (χ0) is 16.1. The smallest absolute Gasteiger partial charge is 0.172 e. The third kappa shape index (κ3) is 4.52. The summed E-state index contributed by atoms with van der Waals surface area (Å²) in [6, 6.07) is 7.26. The maximum atomic E-state index is 6.21. The van der Waals surface area contributed by atoms with Gasteiger partial charge in [0, 0.05) is 22.5 Å². The van der Waals surface area contributed by atoms with E-state index in [4.69, 9.17) is 35.4 Å². The fourth-order valence-electron chi connectivity index (χ4n) is 1.88. The molecule has 2 rings (SSSR count). The SMILES string of the molecule is CC(CNC(=S)Nc1nnccc1Br)c1c(Cl)cccc1Cl. The molecule has 0 radical (unpaired) electrons. The molecule has 0 bridgehead atoms. The number of nitrogens with zero attached hydrogens (tertiary/aromatic N) is 2. The summed E-state index contributed by atoms with van der Waals surface area (Å²) in [5.74, 6) is 0.662. The lowest BCUT2D eigenvalue weighted by molar-refractivity contribution is 0.723. The summed E-state index contributed by atoms with van der Waals surface area (Å²) in [4.78, 5) is 0. The van der Waals surface area contributed by atoms with Crippen molar-refractivity contribution in [1.29, 1.82) is 0 Å². The zero-order valence-electron chi connectivity index (χ0n) is 11.6. The molecule has 0 aliphatic carbocycles. The van der Waals surface area contributed by atoms with E-state index in [0.717, 1.165) is 10.0 Å². The molecule has 2 N–H and O–H groups in total. The molecule has 1 unspecified atom stereocenters. The molecule has 1 aromatic heterocycles. The van der Waals surface area contributed by atoms with Crippen LogP contribution in [-0.2, 0) is 0 Å². The summed E-state index contributed by atoms with van der Waals surface area (Å²) in [7, 11) is 0. The number of anilines is 1. The van der Waals surface area contributed by atoms with Gasteiger partial charge in [-0.3, -0.25) is 0 Å². The quantitative estimate of drug-likeness (QED) is 0.707. The van der Waals surface area contributed by atoms with Crippen molar-refractivity contribution in [3.05, 3.63) is 50.5 Å². The molecule has 2 aromatic rings. The summed E-state index contributed by atoms with van der Waals surface area (Å²) >= 11 is 21.0. The average Bonchev–Trinajstić information content (AvgIpc) is 2.47. The average molecular weight is 420 g/mol. The number of rotatable bonds is 4. The molecule has 0 saturated carbocycles. The topological polar surface area (TPSA) is 49.8 Å². The van der Waals surface area contributed by atoms with Gasteiger partial charge in [-0.25, -0.2) is 0 Å². The Labute approximate surface area is 152 Å². The normalized spacial score (nSPS) is 11.8. The van der Waals surface area contributed by atoms with Crippen molar-refractivity contribution in [2.75, 3.05) is 11.9 Å². The predicted octanol–water partition coefficient (Wildman–Crippen LogP) is 4.64. The lowest BCUT2D eigenvalue weighted by Crippen LogP contribution is -2.32. The van der Waals surface area contributed by atoms with Crippen LogP contribution >= 0.6 is 51.3 Å². The van der Waals surface area contributed by atoms with Crippen LogP contribution in [0.5, 0.6) is 0 Å². The molecule has 0 fully saturated rings. The van der Waals surface area contributed by atoms with E-state index in [9.17, 15) is 0 Å². The van der Waals surface area contributed by atoms with Gasteiger partial charge in [-0.15, -0.1) is 5.10 Å². The van der Waals surface area contributed by atoms with Crippen LogP contribution in [0.4, 0.5) is 5.82 Å². The number of hydrogen-bond donors (Lipinski definition) is 2. The van der Waals surface area contributed by atoms with Crippen molar-refractivity contribution in [1.82, 2.24) is 15.5 Å². The summed E-state index contributed by atoms with van der Waals surface area (Å²) in [5.41, 5.74) is 0.904. The lowest BCUT2D eigenvalue weighted by Gasteiger charge is -2.17. The van der Waals surface area contributed by atoms with Gasteiger partial charge >= 0.3 is 0 Å². The Morgan fingerprint density at radius 3 is 2.64 bits per heavy atom. The Kier molecular flexibility index (Phi) is 6.37. The first kappa shape index (κ1) is 17.4. The van der Waals surface area contributed by atoms with Gasteiger partial charge in [0.05, 0.1) is 10.7 Å². The number of benzene rings is 1. The minimum Gasteiger partial charge on any atom is -0.362 e. The second kappa shape index (κ2) is 8.06. The molecule has 0 saturated heterocycles. The zero-order valence-corrected chi connectivity index (χ0v) is 15.5. The molecule has 0 aliphatic rings. The van der Waals surface area contributed by atoms with E-state index in [-0.39, 0.29) is 5.92 Å². The van der Waals surface area contributed by atoms with E-state index in [1.54, 1.807) is 12.3 Å². The molecule has 0 aliphatic heterocycles. The van der Waals surface area contributed by atoms with Crippen molar-refractivity contribution >= 4 is 62.3 Å². The van der Waals surface area contributed by atoms with Crippen molar-refractivity contribution in [2.24, 2.45) is 0 Å². The van der Waals surface area contributed by atoms with E-state index in [1.165, 1.54) is 0 Å². The molecule has 116 valence electrons. The van der Waals surface area contributed by atoms with Gasteiger partial charge in [-0.05, 0) is 51.9 Å². The molecular formula is C14H13BrCl2N4S. The van der Waals surface area contributed by atoms with Crippen LogP contribution in [0.2, 0.25) is 10.0 Å². The number of aromatic nitrogens is 2. The second-order valence-electron chi connectivity index (χ2n) is 4.60. The van der Waals surface area contributed by atoms with Crippen LogP contribution in [0.25, 0.3) is 0 Å². The molecule has 22 heavy (non-hydrogen) atoms. The summed E-state index contributed by atoms with van der Waals surface area (Å²) in [6.07, 6.45) is 1.59. The fourth-order valence-corrected chi connectivity index (χ4v) is 3.13. The van der Waals surface area contributed by atoms with Crippen LogP contribution in [0, 0.1) is 0 Å². The molecule has 1 heterocycles. The maximum Gasteiger partial charge on any atom is 0.172 e. The van der Waals surface area contributed by atoms with Crippen molar-refractivity contribution in [2.45, 2.75) is 12.8 Å². The number of hydrogen-bond acceptors (Lipinski definition) is 3. The van der Waals surface area contributed by atoms with Gasteiger partial charge in [0.15, 0.2) is 10.9 Å². The maximum absolute atomic E-state index is 6.21. The van der Waals surface area contributed by atoms with E-state index >= 15 is 0 Å². The molecule has 0 amide bonds. The van der Waals surface area contributed by atoms with Crippen LogP contribution in [0.1, 0.15) is 18.4 Å². The molecule has 1 aromatic carbocycles. The van der Waals surface area contributed by atoms with E-state index in [1.807, 2.05) is 25.1 Å². The molecule has 1 atom stereocenters. The Morgan fingerprint density at radius 2 is 2.00 bits per heavy atom. The standard InChI is InChI=1S/C14H13BrCl2N4S/c1-8(12-10(16)3-2-4-11(12)17)7-18-14(22)20-13-9(15)5-6-19-21-13/h2-6,8H,7H2,1H3,(H2,18,20,21,22). The van der Waals surface area contributed by atoms with Crippen molar-refractivity contribution in [3.63, 3.8) is 0 Å². The summed E-state index contributed by atoms with van der Waals surface area (Å²) < 4.78 is 0.786. The third-order valence-corrected chi connectivity index (χ3v) is 4.51. The first-order valence-corrected chi connectivity index (χ1v) is 8.40. The van der Waals surface area contributed by atoms with Gasteiger partial charge in [0.25, 0.3) is 0 Å². The van der Waals surface area contributed by atoms with Gasteiger partial charge in [-0.2, -0.15) is 5.10 Å². The highest BCUT2D eigenvalue weighted by atomic mass is 79.9. The highest BCUT2D eigenvalue weighted by Gasteiger charge is 2.14. The van der Waals surface area contributed by atoms with E-state index < -0.39 is 0 Å². The molecule has 0 spiro atoms. The van der Waals surface area contributed by atoms with Crippen LogP contribution in [0.3, 0.4) is 0 Å². The highest BCUT2D eigenvalue weighted by Crippen LogP contribution is 2.30. The Bertz CT molecular complexity index is 663. The van der Waals surface area contributed by atoms with Gasteiger partial charge < -0.3 is 10.6 Å². The minimum absolute atomic E-state index is 0.103. The largest absolute Gasteiger partial charge is 0.362 e. The van der Waals surface area contributed by atoms with E-state index in [2.05, 4.69) is 36.8 Å². The fraction of sp³-hybridized carbons (Fsp3) is 0.214. The molecule has 8 heteroatoms. The Morgan fingerprint density at radius 1 is 1.32 bits per heavy atom. The molecule has 4 nitrogen and oxygen atoms in total. The van der Waals surface area contributed by atoms with Gasteiger partial charge in [0.1, 0.15) is 0 Å². The number of thiocarbonyl (C=S) groups is 1. The summed E-state index contributed by atoms with van der Waals surface area (Å²) in [6.45, 7) is 2.62. The first-order valence-electron chi connectivity index (χ1n) is 6.45. The van der Waals surface area contributed by atoms with Crippen molar-refractivity contribution in [3.8, 4) is 0 Å². The van der Waals surface area contributed by atoms with Crippen molar-refractivity contribution < 1.29 is 0 Å². The second-order valence-corrected chi connectivity index (χ2v) is 6.68. The lowest BCUT2D eigenvalue weighted by atomic mass is 10.0. The highest BCUT2D eigenvalue weighted by molar-refractivity contribution is 9.10. The predicted molar refractivity (Wildman–Crippen MR) is 98.8 cm³/mol. The van der Waals surface area contributed by atoms with E-state index in [0.29, 0.717) is 27.5 Å². The van der Waals surface area contributed by atoms with Crippen LogP contribution < -0.4 is 10.6 Å². The first-order chi connectivity index (χ1) is 10.5. The summed E-state index contributed by atoms with van der Waals surface area (Å²) in [5, 5.41) is 15.6. The van der Waals surface area contributed by atoms with Gasteiger partial charge in [-0.1, -0.05) is 36.2 Å². The monoisotopic (exact) mass is 418 g/mol. The Hall–Kier alpha value is -0.950. The molecular weight excluding hydrogens is 407 g/mol. The van der Waals surface area contributed by atoms with Crippen LogP contribution in [0.15, 0.2) is 34.9 Å².